The second-order valence-electron chi connectivity index (χ2n) is 11.6. The fourth-order valence-corrected chi connectivity index (χ4v) is 6.16. The van der Waals surface area contributed by atoms with Crippen molar-refractivity contribution in [1.82, 2.24) is 25.0 Å². The molecule has 3 heterocycles. The summed E-state index contributed by atoms with van der Waals surface area (Å²) in [6.45, 7) is 6.79. The van der Waals surface area contributed by atoms with Crippen LogP contribution in [0.5, 0.6) is 0 Å². The minimum absolute atomic E-state index is 0.267. The van der Waals surface area contributed by atoms with Crippen molar-refractivity contribution in [3.05, 3.63) is 163 Å². The quantitative estimate of drug-likeness (QED) is 0.161. The number of aromatic nitrogens is 5. The number of hydrogen-bond acceptors (Lipinski definition) is 2. The van der Waals surface area contributed by atoms with Crippen LogP contribution in [0.15, 0.2) is 113 Å². The minimum atomic E-state index is -0.684. The molecular formula is C37H33N5O2. The smallest absolute Gasteiger partial charge is 0.268 e. The zero-order valence-corrected chi connectivity index (χ0v) is 24.9. The van der Waals surface area contributed by atoms with Crippen LogP contribution >= 0.6 is 0 Å². The molecule has 0 atom stereocenters. The molecule has 7 rings (SSSR count). The highest BCUT2D eigenvalue weighted by molar-refractivity contribution is 5.87. The van der Waals surface area contributed by atoms with Crippen molar-refractivity contribution in [1.29, 1.82) is 0 Å². The lowest BCUT2D eigenvalue weighted by atomic mass is 9.83. The summed E-state index contributed by atoms with van der Waals surface area (Å²) >= 11 is 0. The van der Waals surface area contributed by atoms with Crippen LogP contribution in [0.1, 0.15) is 44.9 Å². The van der Waals surface area contributed by atoms with Crippen molar-refractivity contribution in [2.45, 2.75) is 33.2 Å². The maximum Gasteiger partial charge on any atom is 0.268 e. The van der Waals surface area contributed by atoms with Crippen LogP contribution in [0.3, 0.4) is 0 Å². The highest BCUT2D eigenvalue weighted by Gasteiger charge is 2.33. The van der Waals surface area contributed by atoms with Crippen molar-refractivity contribution in [2.75, 3.05) is 0 Å². The molecule has 218 valence electrons. The molecule has 0 radical (unpaired) electrons. The average Bonchev–Trinajstić information content (AvgIpc) is 3.72. The topological polar surface area (TPSA) is 102 Å². The number of para-hydroxylation sites is 1. The molecule has 0 aliphatic heterocycles. The Kier molecular flexibility index (Phi) is 6.78. The zero-order chi connectivity index (χ0) is 30.4. The molecule has 0 saturated carbocycles. The second kappa shape index (κ2) is 10.9. The van der Waals surface area contributed by atoms with Gasteiger partial charge in [-0.25, -0.2) is 0 Å². The molecule has 7 heteroatoms. The summed E-state index contributed by atoms with van der Waals surface area (Å²) in [6.07, 6.45) is 2.10. The third-order valence-corrected chi connectivity index (χ3v) is 8.49. The van der Waals surface area contributed by atoms with Gasteiger partial charge >= 0.3 is 0 Å². The van der Waals surface area contributed by atoms with E-state index in [-0.39, 0.29) is 11.1 Å². The van der Waals surface area contributed by atoms with Gasteiger partial charge in [0.25, 0.3) is 11.1 Å². The Morgan fingerprint density at radius 1 is 0.591 bits per heavy atom. The molecule has 4 N–H and O–H groups in total. The van der Waals surface area contributed by atoms with Gasteiger partial charge in [-0.1, -0.05) is 108 Å². The largest absolute Gasteiger partial charge is 0.343 e. The lowest BCUT2D eigenvalue weighted by Crippen LogP contribution is -2.20. The Morgan fingerprint density at radius 3 is 1.59 bits per heavy atom. The third-order valence-electron chi connectivity index (χ3n) is 8.49. The third kappa shape index (κ3) is 4.82. The Bertz CT molecular complexity index is 2110. The van der Waals surface area contributed by atoms with Crippen LogP contribution in [0.2, 0.25) is 0 Å². The number of hydrogen-bond donors (Lipinski definition) is 4. The van der Waals surface area contributed by atoms with Crippen LogP contribution in [-0.4, -0.2) is 25.0 Å². The normalized spacial score (nSPS) is 11.5. The fraction of sp³-hybridized carbons (Fsp3) is 0.135. The molecule has 0 saturated heterocycles. The summed E-state index contributed by atoms with van der Waals surface area (Å²) in [7, 11) is 0. The molecule has 0 aliphatic rings. The van der Waals surface area contributed by atoms with Gasteiger partial charge in [0.05, 0.1) is 28.4 Å². The van der Waals surface area contributed by atoms with Crippen molar-refractivity contribution in [3.8, 4) is 22.5 Å². The predicted octanol–water partition coefficient (Wildman–Crippen LogP) is 7.16. The van der Waals surface area contributed by atoms with E-state index >= 15 is 0 Å². The van der Waals surface area contributed by atoms with Crippen molar-refractivity contribution in [2.24, 2.45) is 0 Å². The van der Waals surface area contributed by atoms with Crippen LogP contribution in [0.25, 0.3) is 33.4 Å². The summed E-state index contributed by atoms with van der Waals surface area (Å²) in [6, 6.07) is 32.8. The lowest BCUT2D eigenvalue weighted by Gasteiger charge is -2.17. The van der Waals surface area contributed by atoms with Gasteiger partial charge in [0.15, 0.2) is 0 Å². The number of nitrogens with zero attached hydrogens (tertiary/aromatic N) is 1. The van der Waals surface area contributed by atoms with Crippen LogP contribution in [0.4, 0.5) is 0 Å². The Balaban J connectivity index is 1.51. The molecule has 0 bridgehead atoms. The van der Waals surface area contributed by atoms with Crippen molar-refractivity contribution in [3.63, 3.8) is 0 Å². The Labute approximate surface area is 254 Å². The number of rotatable bonds is 7. The summed E-state index contributed by atoms with van der Waals surface area (Å²) < 4.78 is 2.21. The molecule has 0 aliphatic carbocycles. The average molecular weight is 580 g/mol. The summed E-state index contributed by atoms with van der Waals surface area (Å²) in [5.74, 6) is -0.684. The van der Waals surface area contributed by atoms with E-state index in [0.717, 1.165) is 38.7 Å². The molecule has 0 fully saturated rings. The van der Waals surface area contributed by atoms with Crippen LogP contribution < -0.4 is 11.1 Å². The zero-order valence-electron chi connectivity index (χ0n) is 24.9. The predicted molar refractivity (Wildman–Crippen MR) is 176 cm³/mol. The Morgan fingerprint density at radius 2 is 1.07 bits per heavy atom. The van der Waals surface area contributed by atoms with E-state index in [9.17, 15) is 9.59 Å². The first-order valence-corrected chi connectivity index (χ1v) is 14.8. The van der Waals surface area contributed by atoms with E-state index in [0.29, 0.717) is 29.1 Å². The molecule has 0 unspecified atom stereocenters. The molecule has 7 aromatic rings. The number of aromatic amines is 4. The van der Waals surface area contributed by atoms with E-state index in [1.807, 2.05) is 74.5 Å². The number of nitrogens with one attached hydrogen (secondary N) is 4. The summed E-state index contributed by atoms with van der Waals surface area (Å²) in [5.41, 5.74) is 10.0. The van der Waals surface area contributed by atoms with Gasteiger partial charge in [-0.3, -0.25) is 30.0 Å². The lowest BCUT2D eigenvalue weighted by molar-refractivity contribution is 0.824. The van der Waals surface area contributed by atoms with Gasteiger partial charge in [0.1, 0.15) is 0 Å². The number of H-pyrrole nitrogens is 4. The SMILES string of the molecule is Cc1ccc(Cn2cc(C(c3c(-c4ccc(C)cc4)[nH][nH]c3=O)c3c(-c4ccc(C)cc4)[nH][nH]c3=O)c3ccccc32)cc1. The minimum Gasteiger partial charge on any atom is -0.343 e. The van der Waals surface area contributed by atoms with E-state index in [1.165, 1.54) is 11.1 Å². The van der Waals surface area contributed by atoms with E-state index < -0.39 is 5.92 Å². The number of aryl methyl sites for hydroxylation is 3. The van der Waals surface area contributed by atoms with Crippen LogP contribution in [-0.2, 0) is 6.54 Å². The van der Waals surface area contributed by atoms with Gasteiger partial charge in [0.2, 0.25) is 0 Å². The van der Waals surface area contributed by atoms with E-state index in [4.69, 9.17) is 0 Å². The molecule has 0 amide bonds. The van der Waals surface area contributed by atoms with Gasteiger partial charge < -0.3 is 4.57 Å². The van der Waals surface area contributed by atoms with E-state index in [2.05, 4.69) is 74.5 Å². The van der Waals surface area contributed by atoms with Gasteiger partial charge in [0, 0.05) is 23.6 Å². The van der Waals surface area contributed by atoms with Crippen molar-refractivity contribution >= 4 is 10.9 Å². The number of fused-ring (bicyclic) bond motifs is 1. The highest BCUT2D eigenvalue weighted by atomic mass is 16.1. The standard InChI is InChI=1S/C37H33N5O2/c1-22-8-14-25(15-9-22)20-42-21-29(28-6-4-5-7-30(28)42)31(32-34(38-40-36(32)43)26-16-10-23(2)11-17-26)33-35(39-41-37(33)44)27-18-12-24(3)13-19-27/h4-19,21,31H,20H2,1-3H3,(H2,38,40,43)(H2,39,41,44). The van der Waals surface area contributed by atoms with Gasteiger partial charge in [-0.05, 0) is 49.1 Å². The van der Waals surface area contributed by atoms with Crippen LogP contribution in [0, 0.1) is 20.8 Å². The molecule has 0 spiro atoms. The van der Waals surface area contributed by atoms with Gasteiger partial charge in [-0.2, -0.15) is 0 Å². The molecule has 7 nitrogen and oxygen atoms in total. The second-order valence-corrected chi connectivity index (χ2v) is 11.6. The Hall–Kier alpha value is -5.56. The summed E-state index contributed by atoms with van der Waals surface area (Å²) in [5, 5.41) is 12.9. The maximum atomic E-state index is 13.8. The monoisotopic (exact) mass is 579 g/mol. The summed E-state index contributed by atoms with van der Waals surface area (Å²) in [4.78, 5) is 27.7. The number of benzene rings is 4. The van der Waals surface area contributed by atoms with Crippen molar-refractivity contribution < 1.29 is 0 Å². The first-order valence-electron chi connectivity index (χ1n) is 14.8. The highest BCUT2D eigenvalue weighted by Crippen LogP contribution is 2.41. The van der Waals surface area contributed by atoms with Gasteiger partial charge in [-0.15, -0.1) is 0 Å². The first kappa shape index (κ1) is 27.3. The molecule has 4 aromatic carbocycles. The fourth-order valence-electron chi connectivity index (χ4n) is 6.16. The maximum absolute atomic E-state index is 13.8. The first-order chi connectivity index (χ1) is 21.4. The van der Waals surface area contributed by atoms with E-state index in [1.54, 1.807) is 0 Å². The molecular weight excluding hydrogens is 546 g/mol. The molecule has 3 aromatic heterocycles. The molecule has 44 heavy (non-hydrogen) atoms.